The number of carbonyl (C=O) groups excluding carboxylic acids is 2. The van der Waals surface area contributed by atoms with Crippen LogP contribution in [-0.4, -0.2) is 42.1 Å². The summed E-state index contributed by atoms with van der Waals surface area (Å²) >= 11 is 6.39. The van der Waals surface area contributed by atoms with Gasteiger partial charge in [-0.1, -0.05) is 30.9 Å². The molecule has 3 atom stereocenters. The van der Waals surface area contributed by atoms with E-state index < -0.39 is 10.0 Å². The Morgan fingerprint density at radius 1 is 0.938 bits per heavy atom. The number of hydrogen-bond donors (Lipinski definition) is 0. The summed E-state index contributed by atoms with van der Waals surface area (Å²) in [6.45, 7) is 0. The summed E-state index contributed by atoms with van der Waals surface area (Å²) in [4.78, 5) is 24.8. The largest absolute Gasteiger partial charge is 0.299 e. The summed E-state index contributed by atoms with van der Waals surface area (Å²) in [7, 11) is -3.25. The van der Waals surface area contributed by atoms with E-state index in [-0.39, 0.29) is 29.6 Å². The van der Waals surface area contributed by atoms with Gasteiger partial charge in [0, 0.05) is 36.9 Å². The maximum Gasteiger partial charge on any atom is 0.214 e. The van der Waals surface area contributed by atoms with Gasteiger partial charge in [0.25, 0.3) is 0 Å². The predicted octanol–water partition coefficient (Wildman–Crippen LogP) is 4.73. The van der Waals surface area contributed by atoms with Crippen molar-refractivity contribution < 1.29 is 18.0 Å². The third-order valence-electron chi connectivity index (χ3n) is 8.09. The highest BCUT2D eigenvalue weighted by Gasteiger charge is 2.47. The second-order valence-electron chi connectivity index (χ2n) is 10.5. The van der Waals surface area contributed by atoms with Crippen LogP contribution in [0.2, 0.25) is 5.02 Å². The Labute approximate surface area is 195 Å². The molecular formula is C25H32ClNO4S. The molecule has 2 heterocycles. The van der Waals surface area contributed by atoms with Crippen LogP contribution in [0.4, 0.5) is 0 Å². The molecule has 0 spiro atoms. The van der Waals surface area contributed by atoms with Crippen LogP contribution in [0.1, 0.15) is 85.7 Å². The Bertz CT molecular complexity index is 1020. The summed E-state index contributed by atoms with van der Waals surface area (Å²) in [6, 6.07) is 3.66. The lowest BCUT2D eigenvalue weighted by Crippen LogP contribution is -2.48. The molecular weight excluding hydrogens is 446 g/mol. The van der Waals surface area contributed by atoms with Crippen LogP contribution in [0.15, 0.2) is 12.1 Å². The quantitative estimate of drug-likeness (QED) is 0.555. The van der Waals surface area contributed by atoms with Gasteiger partial charge in [0.2, 0.25) is 10.0 Å². The van der Waals surface area contributed by atoms with Gasteiger partial charge in [-0.15, -0.1) is 0 Å². The van der Waals surface area contributed by atoms with E-state index in [1.165, 1.54) is 6.42 Å². The van der Waals surface area contributed by atoms with Gasteiger partial charge < -0.3 is 0 Å². The lowest BCUT2D eigenvalue weighted by molar-refractivity contribution is -0.117. The maximum absolute atomic E-state index is 13.3. The van der Waals surface area contributed by atoms with Gasteiger partial charge in [0.05, 0.1) is 10.8 Å². The highest BCUT2D eigenvalue weighted by molar-refractivity contribution is 7.89. The molecule has 4 aliphatic rings. The number of carbonyl (C=O) groups is 2. The van der Waals surface area contributed by atoms with Gasteiger partial charge >= 0.3 is 0 Å². The van der Waals surface area contributed by atoms with Crippen LogP contribution in [0, 0.1) is 11.8 Å². The highest BCUT2D eigenvalue weighted by atomic mass is 35.5. The van der Waals surface area contributed by atoms with E-state index in [1.54, 1.807) is 6.07 Å². The van der Waals surface area contributed by atoms with Crippen LogP contribution >= 0.6 is 11.6 Å². The van der Waals surface area contributed by atoms with Crippen molar-refractivity contribution in [2.24, 2.45) is 11.8 Å². The average molecular weight is 478 g/mol. The summed E-state index contributed by atoms with van der Waals surface area (Å²) in [5, 5.41) is 0.430. The number of Topliss-reactive ketones (excluding diaryl/α,β-unsaturated/α-hetero) is 2. The van der Waals surface area contributed by atoms with Crippen LogP contribution in [0.25, 0.3) is 0 Å². The molecule has 2 aliphatic carbocycles. The van der Waals surface area contributed by atoms with Crippen molar-refractivity contribution in [3.8, 4) is 0 Å². The lowest BCUT2D eigenvalue weighted by atomic mass is 9.86. The fourth-order valence-corrected chi connectivity index (χ4v) is 9.35. The van der Waals surface area contributed by atoms with Crippen molar-refractivity contribution in [1.29, 1.82) is 0 Å². The molecule has 1 saturated carbocycles. The minimum Gasteiger partial charge on any atom is -0.299 e. The number of sulfonamides is 1. The number of halogens is 1. The number of piperidine rings is 1. The molecule has 2 saturated heterocycles. The zero-order chi connectivity index (χ0) is 22.5. The van der Waals surface area contributed by atoms with E-state index in [2.05, 4.69) is 0 Å². The van der Waals surface area contributed by atoms with E-state index >= 15 is 0 Å². The van der Waals surface area contributed by atoms with Crippen molar-refractivity contribution in [2.45, 2.75) is 89.1 Å². The van der Waals surface area contributed by atoms with Crippen molar-refractivity contribution in [3.63, 3.8) is 0 Å². The molecule has 0 radical (unpaired) electrons. The third kappa shape index (κ3) is 4.43. The van der Waals surface area contributed by atoms with Crippen molar-refractivity contribution in [2.75, 3.05) is 5.75 Å². The Hall–Kier alpha value is -1.24. The Balaban J connectivity index is 1.25. The van der Waals surface area contributed by atoms with Crippen LogP contribution in [0.3, 0.4) is 0 Å². The number of nitrogens with zero attached hydrogens (tertiary/aromatic N) is 1. The second kappa shape index (κ2) is 8.84. The first-order chi connectivity index (χ1) is 15.3. The molecule has 1 unspecified atom stereocenters. The van der Waals surface area contributed by atoms with Crippen molar-refractivity contribution in [1.82, 2.24) is 4.31 Å². The zero-order valence-corrected chi connectivity index (χ0v) is 20.1. The summed E-state index contributed by atoms with van der Waals surface area (Å²) < 4.78 is 28.3. The Kier molecular flexibility index (Phi) is 6.23. The first-order valence-electron chi connectivity index (χ1n) is 12.2. The molecule has 5 rings (SSSR count). The molecule has 0 amide bonds. The summed E-state index contributed by atoms with van der Waals surface area (Å²) in [5.41, 5.74) is 2.37. The van der Waals surface area contributed by atoms with Gasteiger partial charge in [-0.2, -0.15) is 4.31 Å². The Morgan fingerprint density at radius 3 is 2.22 bits per heavy atom. The van der Waals surface area contributed by atoms with Crippen molar-refractivity contribution >= 4 is 33.2 Å². The molecule has 1 aromatic carbocycles. The zero-order valence-electron chi connectivity index (χ0n) is 18.5. The maximum atomic E-state index is 13.3. The lowest BCUT2D eigenvalue weighted by Gasteiger charge is -2.38. The van der Waals surface area contributed by atoms with E-state index in [4.69, 9.17) is 11.6 Å². The second-order valence-corrected chi connectivity index (χ2v) is 12.8. The van der Waals surface area contributed by atoms with Gasteiger partial charge in [0.1, 0.15) is 5.78 Å². The molecule has 32 heavy (non-hydrogen) atoms. The number of rotatable bonds is 6. The molecule has 7 heteroatoms. The van der Waals surface area contributed by atoms with Crippen molar-refractivity contribution in [3.05, 3.63) is 33.8 Å². The standard InChI is InChI=1S/C25H32ClNO4S/c26-24-14-19-12-22(28)11-18(19)13-23(24)25(29)10-17-8-20-6-7-21(9-17)27(20)32(30,31)15-16-4-2-1-3-5-16/h13-14,16-17,20-21H,1-12,15H2/t17?,20-,21+. The normalized spacial score (nSPS) is 28.8. The number of hydrogen-bond acceptors (Lipinski definition) is 4. The smallest absolute Gasteiger partial charge is 0.214 e. The number of benzene rings is 1. The molecule has 3 fully saturated rings. The first-order valence-corrected chi connectivity index (χ1v) is 14.2. The van der Waals surface area contributed by atoms with Gasteiger partial charge in [-0.05, 0) is 73.6 Å². The third-order valence-corrected chi connectivity index (χ3v) is 10.5. The van der Waals surface area contributed by atoms with Crippen LogP contribution in [-0.2, 0) is 27.7 Å². The van der Waals surface area contributed by atoms with Crippen LogP contribution in [0.5, 0.6) is 0 Å². The summed E-state index contributed by atoms with van der Waals surface area (Å²) in [5.74, 6) is 0.972. The summed E-state index contributed by atoms with van der Waals surface area (Å²) in [6.07, 6.45) is 10.1. The fourth-order valence-electron chi connectivity index (χ4n) is 6.67. The van der Waals surface area contributed by atoms with E-state index in [0.717, 1.165) is 62.5 Å². The van der Waals surface area contributed by atoms with Gasteiger partial charge in [0.15, 0.2) is 5.78 Å². The minimum atomic E-state index is -3.25. The van der Waals surface area contributed by atoms with E-state index in [0.29, 0.717) is 41.5 Å². The topological polar surface area (TPSA) is 71.5 Å². The van der Waals surface area contributed by atoms with E-state index in [9.17, 15) is 18.0 Å². The van der Waals surface area contributed by atoms with Crippen LogP contribution < -0.4 is 0 Å². The molecule has 174 valence electrons. The number of ketones is 2. The first kappa shape index (κ1) is 22.5. The van der Waals surface area contributed by atoms with Gasteiger partial charge in [-0.25, -0.2) is 8.42 Å². The molecule has 0 aromatic heterocycles. The van der Waals surface area contributed by atoms with E-state index in [1.807, 2.05) is 10.4 Å². The molecule has 0 N–H and O–H groups in total. The molecule has 2 aliphatic heterocycles. The highest BCUT2D eigenvalue weighted by Crippen LogP contribution is 2.43. The monoisotopic (exact) mass is 477 g/mol. The number of fused-ring (bicyclic) bond motifs is 3. The average Bonchev–Trinajstić information content (AvgIpc) is 3.24. The van der Waals surface area contributed by atoms with Gasteiger partial charge in [-0.3, -0.25) is 9.59 Å². The Morgan fingerprint density at radius 2 is 1.56 bits per heavy atom. The molecule has 5 nitrogen and oxygen atoms in total. The molecule has 2 bridgehead atoms. The minimum absolute atomic E-state index is 0.0139. The fraction of sp³-hybridized carbons (Fsp3) is 0.680. The molecule has 1 aromatic rings. The predicted molar refractivity (Wildman–Crippen MR) is 125 cm³/mol. The SMILES string of the molecule is O=C1Cc2cc(Cl)c(C(=O)CC3C[C@H]4CC[C@@H](C3)N4S(=O)(=O)CC3CCCCC3)cc2C1.